The lowest BCUT2D eigenvalue weighted by Gasteiger charge is -2.12. The Morgan fingerprint density at radius 2 is 1.96 bits per heavy atom. The number of ether oxygens (including phenoxy) is 1. The third kappa shape index (κ3) is 4.34. The average molecular weight is 429 g/mol. The van der Waals surface area contributed by atoms with Crippen LogP contribution in [0.3, 0.4) is 0 Å². The molecular weight excluding hydrogens is 416 g/mol. The zero-order valence-electron chi connectivity index (χ0n) is 13.5. The number of imide groups is 1. The minimum absolute atomic E-state index is 0.0485. The van der Waals surface area contributed by atoms with E-state index in [1.807, 2.05) is 36.4 Å². The quantitative estimate of drug-likeness (QED) is 0.651. The van der Waals surface area contributed by atoms with Gasteiger partial charge in [0.2, 0.25) is 0 Å². The van der Waals surface area contributed by atoms with E-state index < -0.39 is 0 Å². The van der Waals surface area contributed by atoms with Crippen molar-refractivity contribution in [3.63, 3.8) is 0 Å². The molecule has 1 heterocycles. The summed E-state index contributed by atoms with van der Waals surface area (Å²) in [5.41, 5.74) is 1.61. The fourth-order valence-corrected chi connectivity index (χ4v) is 3.47. The summed E-state index contributed by atoms with van der Waals surface area (Å²) in [6.07, 6.45) is 1.66. The van der Waals surface area contributed by atoms with Crippen molar-refractivity contribution >= 4 is 44.9 Å². The summed E-state index contributed by atoms with van der Waals surface area (Å²) in [5.74, 6) is 0.223. The Kier molecular flexibility index (Phi) is 5.76. The van der Waals surface area contributed by atoms with Gasteiger partial charge < -0.3 is 4.74 Å². The maximum atomic E-state index is 12.6. The molecule has 130 valence electrons. The van der Waals surface area contributed by atoms with Crippen molar-refractivity contribution in [3.05, 3.63) is 69.0 Å². The Labute approximate surface area is 163 Å². The van der Waals surface area contributed by atoms with E-state index >= 15 is 0 Å². The molecule has 0 saturated carbocycles. The van der Waals surface area contributed by atoms with Crippen LogP contribution in [0.1, 0.15) is 11.1 Å². The molecule has 5 nitrogen and oxygen atoms in total. The van der Waals surface area contributed by atoms with Crippen molar-refractivity contribution in [1.82, 2.24) is 4.90 Å². The molecule has 2 aromatic rings. The lowest BCUT2D eigenvalue weighted by molar-refractivity contribution is -0.123. The number of hydrogen-bond donors (Lipinski definition) is 0. The van der Waals surface area contributed by atoms with Crippen LogP contribution in [0.4, 0.5) is 4.79 Å². The first-order valence-corrected chi connectivity index (χ1v) is 9.27. The number of benzene rings is 2. The Hall–Kier alpha value is -2.56. The molecule has 0 N–H and O–H groups in total. The van der Waals surface area contributed by atoms with Crippen LogP contribution in [0.15, 0.2) is 57.9 Å². The Morgan fingerprint density at radius 1 is 1.19 bits per heavy atom. The zero-order valence-corrected chi connectivity index (χ0v) is 15.9. The molecule has 2 amide bonds. The van der Waals surface area contributed by atoms with E-state index in [1.165, 1.54) is 4.90 Å². The molecule has 0 radical (unpaired) electrons. The van der Waals surface area contributed by atoms with Crippen molar-refractivity contribution in [2.24, 2.45) is 0 Å². The highest BCUT2D eigenvalue weighted by Crippen LogP contribution is 2.33. The molecule has 1 fully saturated rings. The molecule has 7 heteroatoms. The standard InChI is InChI=1S/C19H13BrN2O3S/c20-15-6-4-13(5-7-15)12-22-18(23)17(26-19(22)24)11-14-2-1-3-16(10-14)25-9-8-21/h1-7,10-11H,9,12H2/b17-11-. The SMILES string of the molecule is N#CCOc1cccc(/C=C2\SC(=O)N(Cc3ccc(Br)cc3)C2=O)c1. The summed E-state index contributed by atoms with van der Waals surface area (Å²) in [5, 5.41) is 8.28. The summed E-state index contributed by atoms with van der Waals surface area (Å²) in [6, 6.07) is 16.4. The minimum Gasteiger partial charge on any atom is -0.479 e. The zero-order chi connectivity index (χ0) is 18.5. The van der Waals surface area contributed by atoms with Crippen molar-refractivity contribution in [2.45, 2.75) is 6.54 Å². The number of carbonyl (C=O) groups excluding carboxylic acids is 2. The van der Waals surface area contributed by atoms with Gasteiger partial charge in [-0.05, 0) is 53.2 Å². The van der Waals surface area contributed by atoms with Gasteiger partial charge in [0.1, 0.15) is 11.8 Å². The first-order valence-electron chi connectivity index (χ1n) is 7.66. The highest BCUT2D eigenvalue weighted by molar-refractivity contribution is 9.10. The number of rotatable bonds is 5. The van der Waals surface area contributed by atoms with Gasteiger partial charge in [0.25, 0.3) is 11.1 Å². The Bertz CT molecular complexity index is 919. The fraction of sp³-hybridized carbons (Fsp3) is 0.105. The molecular formula is C19H13BrN2O3S. The number of thioether (sulfide) groups is 1. The summed E-state index contributed by atoms with van der Waals surface area (Å²) in [4.78, 5) is 26.4. The van der Waals surface area contributed by atoms with Crippen molar-refractivity contribution < 1.29 is 14.3 Å². The van der Waals surface area contributed by atoms with Gasteiger partial charge in [-0.15, -0.1) is 0 Å². The van der Waals surface area contributed by atoms with Crippen LogP contribution in [0.5, 0.6) is 5.75 Å². The van der Waals surface area contributed by atoms with Gasteiger partial charge in [0.15, 0.2) is 6.61 Å². The predicted octanol–water partition coefficient (Wildman–Crippen LogP) is 4.59. The van der Waals surface area contributed by atoms with Crippen LogP contribution >= 0.6 is 27.7 Å². The lowest BCUT2D eigenvalue weighted by Crippen LogP contribution is -2.27. The smallest absolute Gasteiger partial charge is 0.293 e. The van der Waals surface area contributed by atoms with Crippen molar-refractivity contribution in [3.8, 4) is 11.8 Å². The molecule has 1 aliphatic rings. The van der Waals surface area contributed by atoms with E-state index in [0.717, 1.165) is 27.4 Å². The van der Waals surface area contributed by atoms with Crippen LogP contribution in [-0.4, -0.2) is 22.7 Å². The monoisotopic (exact) mass is 428 g/mol. The third-order valence-electron chi connectivity index (χ3n) is 3.59. The highest BCUT2D eigenvalue weighted by atomic mass is 79.9. The van der Waals surface area contributed by atoms with Crippen LogP contribution in [-0.2, 0) is 11.3 Å². The molecule has 2 aromatic carbocycles. The molecule has 0 aliphatic carbocycles. The van der Waals surface area contributed by atoms with Crippen LogP contribution < -0.4 is 4.74 Å². The second kappa shape index (κ2) is 8.21. The first-order chi connectivity index (χ1) is 12.6. The van der Waals surface area contributed by atoms with E-state index in [9.17, 15) is 9.59 Å². The maximum Gasteiger partial charge on any atom is 0.293 e. The first kappa shape index (κ1) is 18.2. The Morgan fingerprint density at radius 3 is 2.69 bits per heavy atom. The van der Waals surface area contributed by atoms with Gasteiger partial charge in [0.05, 0.1) is 11.4 Å². The second-order valence-corrected chi connectivity index (χ2v) is 7.32. The van der Waals surface area contributed by atoms with Gasteiger partial charge in [-0.2, -0.15) is 5.26 Å². The topological polar surface area (TPSA) is 70.4 Å². The second-order valence-electron chi connectivity index (χ2n) is 5.41. The number of nitriles is 1. The predicted molar refractivity (Wildman–Crippen MR) is 103 cm³/mol. The molecule has 1 saturated heterocycles. The van der Waals surface area contributed by atoms with Crippen LogP contribution in [0.2, 0.25) is 0 Å². The number of nitrogens with zero attached hydrogens (tertiary/aromatic N) is 2. The minimum atomic E-state index is -0.314. The van der Waals surface area contributed by atoms with Gasteiger partial charge in [-0.1, -0.05) is 40.2 Å². The van der Waals surface area contributed by atoms with E-state index in [0.29, 0.717) is 10.7 Å². The Balaban J connectivity index is 1.76. The van der Waals surface area contributed by atoms with E-state index in [-0.39, 0.29) is 24.3 Å². The summed E-state index contributed by atoms with van der Waals surface area (Å²) < 4.78 is 6.19. The van der Waals surface area contributed by atoms with Crippen molar-refractivity contribution in [1.29, 1.82) is 5.26 Å². The molecule has 26 heavy (non-hydrogen) atoms. The van der Waals surface area contributed by atoms with Gasteiger partial charge in [-0.3, -0.25) is 14.5 Å². The van der Waals surface area contributed by atoms with Crippen LogP contribution in [0.25, 0.3) is 6.08 Å². The number of amides is 2. The van der Waals surface area contributed by atoms with Gasteiger partial charge >= 0.3 is 0 Å². The molecule has 0 bridgehead atoms. The third-order valence-corrected chi connectivity index (χ3v) is 5.02. The molecule has 0 atom stereocenters. The van der Waals surface area contributed by atoms with E-state index in [4.69, 9.17) is 10.00 Å². The molecule has 0 aromatic heterocycles. The molecule has 0 spiro atoms. The van der Waals surface area contributed by atoms with Gasteiger partial charge in [0, 0.05) is 4.47 Å². The molecule has 3 rings (SSSR count). The van der Waals surface area contributed by atoms with Crippen molar-refractivity contribution in [2.75, 3.05) is 6.61 Å². The van der Waals surface area contributed by atoms with Crippen LogP contribution in [0, 0.1) is 11.3 Å². The number of hydrogen-bond acceptors (Lipinski definition) is 5. The largest absolute Gasteiger partial charge is 0.479 e. The summed E-state index contributed by atoms with van der Waals surface area (Å²) in [6.45, 7) is 0.188. The normalized spacial score (nSPS) is 15.4. The number of halogens is 1. The van der Waals surface area contributed by atoms with E-state index in [2.05, 4.69) is 15.9 Å². The lowest BCUT2D eigenvalue weighted by atomic mass is 10.2. The summed E-state index contributed by atoms with van der Waals surface area (Å²) in [7, 11) is 0. The maximum absolute atomic E-state index is 12.6. The molecule has 1 aliphatic heterocycles. The highest BCUT2D eigenvalue weighted by Gasteiger charge is 2.34. The van der Waals surface area contributed by atoms with E-state index in [1.54, 1.807) is 24.3 Å². The average Bonchev–Trinajstić information content (AvgIpc) is 2.89. The fourth-order valence-electron chi connectivity index (χ4n) is 2.37. The van der Waals surface area contributed by atoms with Gasteiger partial charge in [-0.25, -0.2) is 0 Å². The summed E-state index contributed by atoms with van der Waals surface area (Å²) >= 11 is 4.28. The number of carbonyl (C=O) groups is 2. The molecule has 0 unspecified atom stereocenters.